The highest BCUT2D eigenvalue weighted by molar-refractivity contribution is 4.77. The van der Waals surface area contributed by atoms with Crippen LogP contribution in [0.1, 0.15) is 65.2 Å². The van der Waals surface area contributed by atoms with Crippen LogP contribution in [0.3, 0.4) is 0 Å². The first-order valence-corrected chi connectivity index (χ1v) is 6.98. The van der Waals surface area contributed by atoms with E-state index < -0.39 is 0 Å². The van der Waals surface area contributed by atoms with Gasteiger partial charge < -0.3 is 4.90 Å². The predicted molar refractivity (Wildman–Crippen MR) is 68.2 cm³/mol. The molecule has 1 heteroatoms. The molecule has 1 saturated carbocycles. The molecule has 0 unspecified atom stereocenters. The lowest BCUT2D eigenvalue weighted by Crippen LogP contribution is -2.35. The molecule has 0 atom stereocenters. The zero-order valence-corrected chi connectivity index (χ0v) is 11.0. The fraction of sp³-hybridized carbons (Fsp3) is 1.00. The predicted octanol–water partition coefficient (Wildman–Crippen LogP) is 4.08. The maximum Gasteiger partial charge on any atom is 0.00924 e. The maximum atomic E-state index is 2.61. The Labute approximate surface area is 96.2 Å². The molecule has 1 rings (SSSR count). The molecule has 0 bridgehead atoms. The third-order valence-electron chi connectivity index (χ3n) is 4.13. The minimum atomic E-state index is 0.893. The van der Waals surface area contributed by atoms with E-state index in [0.29, 0.717) is 0 Å². The lowest BCUT2D eigenvalue weighted by atomic mass is 9.84. The van der Waals surface area contributed by atoms with Gasteiger partial charge in [-0.25, -0.2) is 0 Å². The molecule has 0 aromatic heterocycles. The van der Waals surface area contributed by atoms with E-state index in [1.165, 1.54) is 57.9 Å². The van der Waals surface area contributed by atoms with Crippen LogP contribution >= 0.6 is 0 Å². The van der Waals surface area contributed by atoms with Gasteiger partial charge >= 0.3 is 0 Å². The molecule has 15 heavy (non-hydrogen) atoms. The molecule has 0 amide bonds. The second kappa shape index (κ2) is 7.27. The van der Waals surface area contributed by atoms with E-state index in [0.717, 1.165) is 12.0 Å². The van der Waals surface area contributed by atoms with Crippen molar-refractivity contribution in [3.8, 4) is 0 Å². The van der Waals surface area contributed by atoms with Crippen LogP contribution in [0, 0.1) is 5.92 Å². The van der Waals surface area contributed by atoms with Crippen molar-refractivity contribution in [2.24, 2.45) is 5.92 Å². The normalized spacial score (nSPS) is 27.2. The van der Waals surface area contributed by atoms with Crippen molar-refractivity contribution in [1.29, 1.82) is 0 Å². The van der Waals surface area contributed by atoms with Gasteiger partial charge in [0.2, 0.25) is 0 Å². The zero-order chi connectivity index (χ0) is 11.1. The summed E-state index contributed by atoms with van der Waals surface area (Å²) >= 11 is 0. The summed E-state index contributed by atoms with van der Waals surface area (Å²) in [5.74, 6) is 1.03. The molecule has 1 fully saturated rings. The minimum absolute atomic E-state index is 0.893. The fourth-order valence-corrected chi connectivity index (χ4v) is 2.79. The van der Waals surface area contributed by atoms with Gasteiger partial charge in [-0.05, 0) is 51.6 Å². The molecule has 0 spiro atoms. The summed E-state index contributed by atoms with van der Waals surface area (Å²) in [5.41, 5.74) is 0. The van der Waals surface area contributed by atoms with Gasteiger partial charge in [-0.2, -0.15) is 0 Å². The number of unbranched alkanes of at least 4 members (excludes halogenated alkanes) is 2. The van der Waals surface area contributed by atoms with Gasteiger partial charge in [0.15, 0.2) is 0 Å². The number of hydrogen-bond acceptors (Lipinski definition) is 1. The van der Waals surface area contributed by atoms with Crippen molar-refractivity contribution in [1.82, 2.24) is 4.90 Å². The van der Waals surface area contributed by atoms with E-state index in [-0.39, 0.29) is 0 Å². The smallest absolute Gasteiger partial charge is 0.00924 e. The highest BCUT2D eigenvalue weighted by Crippen LogP contribution is 2.28. The van der Waals surface area contributed by atoms with E-state index in [4.69, 9.17) is 0 Å². The van der Waals surface area contributed by atoms with E-state index >= 15 is 0 Å². The molecule has 0 aliphatic heterocycles. The highest BCUT2D eigenvalue weighted by Gasteiger charge is 2.22. The molecule has 0 heterocycles. The number of rotatable bonds is 6. The van der Waals surface area contributed by atoms with Crippen LogP contribution < -0.4 is 0 Å². The van der Waals surface area contributed by atoms with Crippen molar-refractivity contribution < 1.29 is 0 Å². The Morgan fingerprint density at radius 3 is 2.20 bits per heavy atom. The fourth-order valence-electron chi connectivity index (χ4n) is 2.79. The molecule has 90 valence electrons. The molecule has 0 aromatic rings. The topological polar surface area (TPSA) is 3.24 Å². The number of hydrogen-bond donors (Lipinski definition) is 0. The van der Waals surface area contributed by atoms with Crippen LogP contribution in [0.25, 0.3) is 0 Å². The SMILES string of the molecule is CCCCCN(C)C1CCC(CC)CC1. The van der Waals surface area contributed by atoms with Crippen molar-refractivity contribution in [2.75, 3.05) is 13.6 Å². The van der Waals surface area contributed by atoms with Gasteiger partial charge in [-0.1, -0.05) is 33.1 Å². The second-order valence-corrected chi connectivity index (χ2v) is 5.27. The van der Waals surface area contributed by atoms with Crippen molar-refractivity contribution in [3.05, 3.63) is 0 Å². The second-order valence-electron chi connectivity index (χ2n) is 5.27. The first-order chi connectivity index (χ1) is 7.27. The Balaban J connectivity index is 2.15. The summed E-state index contributed by atoms with van der Waals surface area (Å²) in [6.45, 7) is 5.94. The van der Waals surface area contributed by atoms with E-state index in [9.17, 15) is 0 Å². The van der Waals surface area contributed by atoms with Crippen LogP contribution in [0.5, 0.6) is 0 Å². The van der Waals surface area contributed by atoms with Gasteiger partial charge in [-0.3, -0.25) is 0 Å². The average molecular weight is 211 g/mol. The van der Waals surface area contributed by atoms with Gasteiger partial charge in [0.05, 0.1) is 0 Å². The standard InChI is InChI=1S/C14H29N/c1-4-6-7-12-15(3)14-10-8-13(5-2)9-11-14/h13-14H,4-12H2,1-3H3. The largest absolute Gasteiger partial charge is 0.303 e. The summed E-state index contributed by atoms with van der Waals surface area (Å²) in [6.07, 6.45) is 11.4. The Kier molecular flexibility index (Phi) is 6.31. The monoisotopic (exact) mass is 211 g/mol. The van der Waals surface area contributed by atoms with Gasteiger partial charge in [0.25, 0.3) is 0 Å². The van der Waals surface area contributed by atoms with E-state index in [1.807, 2.05) is 0 Å². The first kappa shape index (κ1) is 13.0. The third kappa shape index (κ3) is 4.55. The molecule has 1 nitrogen and oxygen atoms in total. The summed E-state index contributed by atoms with van der Waals surface area (Å²) in [7, 11) is 2.33. The Bertz CT molecular complexity index is 147. The van der Waals surface area contributed by atoms with Crippen molar-refractivity contribution in [2.45, 2.75) is 71.3 Å². The lowest BCUT2D eigenvalue weighted by molar-refractivity contribution is 0.161. The van der Waals surface area contributed by atoms with Crippen LogP contribution in [0.15, 0.2) is 0 Å². The molecular weight excluding hydrogens is 182 g/mol. The first-order valence-electron chi connectivity index (χ1n) is 6.98. The summed E-state index contributed by atoms with van der Waals surface area (Å²) in [6, 6.07) is 0.893. The van der Waals surface area contributed by atoms with E-state index in [2.05, 4.69) is 25.8 Å². The zero-order valence-electron chi connectivity index (χ0n) is 11.0. The van der Waals surface area contributed by atoms with E-state index in [1.54, 1.807) is 0 Å². The quantitative estimate of drug-likeness (QED) is 0.598. The molecule has 1 aliphatic carbocycles. The molecule has 0 aromatic carbocycles. The van der Waals surface area contributed by atoms with Gasteiger partial charge in [-0.15, -0.1) is 0 Å². The maximum absolute atomic E-state index is 2.61. The Morgan fingerprint density at radius 2 is 1.67 bits per heavy atom. The third-order valence-corrected chi connectivity index (χ3v) is 4.13. The van der Waals surface area contributed by atoms with Gasteiger partial charge in [0.1, 0.15) is 0 Å². The number of nitrogens with zero attached hydrogens (tertiary/aromatic N) is 1. The Hall–Kier alpha value is -0.0400. The summed E-state index contributed by atoms with van der Waals surface area (Å²) in [5, 5.41) is 0. The molecule has 0 saturated heterocycles. The van der Waals surface area contributed by atoms with Crippen LogP contribution in [0.4, 0.5) is 0 Å². The Morgan fingerprint density at radius 1 is 1.00 bits per heavy atom. The van der Waals surface area contributed by atoms with Crippen LogP contribution in [-0.2, 0) is 0 Å². The molecule has 0 N–H and O–H groups in total. The van der Waals surface area contributed by atoms with Crippen molar-refractivity contribution in [3.63, 3.8) is 0 Å². The summed E-state index contributed by atoms with van der Waals surface area (Å²) < 4.78 is 0. The molecule has 0 radical (unpaired) electrons. The minimum Gasteiger partial charge on any atom is -0.303 e. The van der Waals surface area contributed by atoms with Crippen LogP contribution in [-0.4, -0.2) is 24.5 Å². The highest BCUT2D eigenvalue weighted by atomic mass is 15.1. The van der Waals surface area contributed by atoms with Gasteiger partial charge in [0, 0.05) is 6.04 Å². The molecule has 1 aliphatic rings. The molecular formula is C14H29N. The van der Waals surface area contributed by atoms with Crippen LogP contribution in [0.2, 0.25) is 0 Å². The average Bonchev–Trinajstić information content (AvgIpc) is 2.29. The lowest BCUT2D eigenvalue weighted by Gasteiger charge is -2.34. The van der Waals surface area contributed by atoms with Crippen molar-refractivity contribution >= 4 is 0 Å². The summed E-state index contributed by atoms with van der Waals surface area (Å²) in [4.78, 5) is 2.61.